The molecule has 4 rings (SSSR count). The number of ether oxygens (including phenoxy) is 2. The van der Waals surface area contributed by atoms with E-state index in [-0.39, 0.29) is 30.2 Å². The van der Waals surface area contributed by atoms with Crippen molar-refractivity contribution in [1.29, 1.82) is 0 Å². The minimum Gasteiger partial charge on any atom is -0.479 e. The summed E-state index contributed by atoms with van der Waals surface area (Å²) in [5, 5.41) is 0.460. The van der Waals surface area contributed by atoms with Crippen molar-refractivity contribution in [3.05, 3.63) is 35.6 Å². The lowest BCUT2D eigenvalue weighted by Crippen LogP contribution is -2.44. The van der Waals surface area contributed by atoms with Crippen LogP contribution in [0.5, 0.6) is 11.6 Å². The van der Waals surface area contributed by atoms with E-state index in [4.69, 9.17) is 31.3 Å². The van der Waals surface area contributed by atoms with Crippen LogP contribution < -0.4 is 15.0 Å². The lowest BCUT2D eigenvalue weighted by atomic mass is 9.80. The number of rotatable bonds is 9. The molecule has 2 atom stereocenters. The zero-order valence-electron chi connectivity index (χ0n) is 19.4. The largest absolute Gasteiger partial charge is 0.479 e. The fourth-order valence-corrected chi connectivity index (χ4v) is 5.71. The number of halogens is 1. The van der Waals surface area contributed by atoms with Gasteiger partial charge in [0, 0.05) is 17.6 Å². The highest BCUT2D eigenvalue weighted by molar-refractivity contribution is 7.50. The maximum atomic E-state index is 13.3. The standard InChI is InChI=1S/C21H26ClN6O6P/c1-12(20(29)33-3)28(35(30,31)34-16-6-4-14(22)5-7-16)10-13-8-15(9-13)27-11-24-17-18(27)25-21(23)26-19(17)32-2/h4-7,11-13,15H,8-10H2,1-3H3,(H,30,31)(H2,23,25,26)/t12-,13-,15+/m0/s1. The monoisotopic (exact) mass is 524 g/mol. The average Bonchev–Trinajstić information content (AvgIpc) is 3.21. The van der Waals surface area contributed by atoms with E-state index in [1.54, 1.807) is 18.5 Å². The normalized spacial score (nSPS) is 20.2. The van der Waals surface area contributed by atoms with Gasteiger partial charge in [0.2, 0.25) is 11.8 Å². The van der Waals surface area contributed by atoms with Crippen LogP contribution in [0, 0.1) is 5.92 Å². The number of hydrogen-bond acceptors (Lipinski definition) is 9. The number of benzene rings is 1. The van der Waals surface area contributed by atoms with Gasteiger partial charge < -0.3 is 29.2 Å². The Morgan fingerprint density at radius 2 is 2.00 bits per heavy atom. The smallest absolute Gasteiger partial charge is 0.459 e. The molecule has 35 heavy (non-hydrogen) atoms. The number of anilines is 1. The summed E-state index contributed by atoms with van der Waals surface area (Å²) in [4.78, 5) is 35.7. The van der Waals surface area contributed by atoms with Crippen LogP contribution in [0.15, 0.2) is 30.6 Å². The Morgan fingerprint density at radius 3 is 2.63 bits per heavy atom. The number of imidazole rings is 1. The fourth-order valence-electron chi connectivity index (χ4n) is 4.12. The summed E-state index contributed by atoms with van der Waals surface area (Å²) in [6.07, 6.45) is 2.96. The molecule has 1 saturated carbocycles. The van der Waals surface area contributed by atoms with Crippen LogP contribution >= 0.6 is 19.3 Å². The molecule has 0 bridgehead atoms. The second-order valence-corrected chi connectivity index (χ2v) is 10.4. The van der Waals surface area contributed by atoms with Crippen LogP contribution in [-0.4, -0.2) is 61.9 Å². The summed E-state index contributed by atoms with van der Waals surface area (Å²) >= 11 is 5.88. The molecular weight excluding hydrogens is 499 g/mol. The van der Waals surface area contributed by atoms with Crippen molar-refractivity contribution in [2.75, 3.05) is 26.5 Å². The molecule has 3 N–H and O–H groups in total. The second-order valence-electron chi connectivity index (χ2n) is 8.26. The van der Waals surface area contributed by atoms with Crippen molar-refractivity contribution in [2.45, 2.75) is 31.8 Å². The highest BCUT2D eigenvalue weighted by atomic mass is 35.5. The third-order valence-corrected chi connectivity index (χ3v) is 7.86. The molecule has 2 heterocycles. The third-order valence-electron chi connectivity index (χ3n) is 6.00. The Hall–Kier alpha value is -2.92. The van der Waals surface area contributed by atoms with Gasteiger partial charge in [-0.15, -0.1) is 0 Å². The van der Waals surface area contributed by atoms with Gasteiger partial charge in [0.15, 0.2) is 11.2 Å². The number of aromatic nitrogens is 4. The van der Waals surface area contributed by atoms with Gasteiger partial charge in [-0.3, -0.25) is 4.79 Å². The summed E-state index contributed by atoms with van der Waals surface area (Å²) in [6, 6.07) is 5.09. The Kier molecular flexibility index (Phi) is 7.18. The molecule has 1 aliphatic rings. The van der Waals surface area contributed by atoms with Gasteiger partial charge >= 0.3 is 13.7 Å². The van der Waals surface area contributed by atoms with Crippen LogP contribution in [0.3, 0.4) is 0 Å². The molecule has 0 spiro atoms. The molecule has 12 nitrogen and oxygen atoms in total. The van der Waals surface area contributed by atoms with Gasteiger partial charge in [0.1, 0.15) is 11.8 Å². The van der Waals surface area contributed by atoms with E-state index in [1.807, 2.05) is 4.57 Å². The van der Waals surface area contributed by atoms with Crippen LogP contribution in [-0.2, 0) is 14.1 Å². The number of nitrogens with two attached hydrogens (primary N) is 1. The molecule has 0 saturated heterocycles. The molecule has 1 fully saturated rings. The van der Waals surface area contributed by atoms with Crippen molar-refractivity contribution in [2.24, 2.45) is 5.92 Å². The van der Waals surface area contributed by atoms with Crippen LogP contribution in [0.1, 0.15) is 25.8 Å². The number of nitrogens with zero attached hydrogens (tertiary/aromatic N) is 5. The zero-order chi connectivity index (χ0) is 25.3. The van der Waals surface area contributed by atoms with E-state index in [9.17, 15) is 14.3 Å². The first-order valence-corrected chi connectivity index (χ1v) is 12.7. The van der Waals surface area contributed by atoms with Crippen LogP contribution in [0.2, 0.25) is 5.02 Å². The molecule has 0 radical (unpaired) electrons. The van der Waals surface area contributed by atoms with Crippen molar-refractivity contribution in [3.63, 3.8) is 0 Å². The Balaban J connectivity index is 1.51. The Labute approximate surface area is 206 Å². The highest BCUT2D eigenvalue weighted by Crippen LogP contribution is 2.51. The maximum Gasteiger partial charge on any atom is 0.459 e. The Bertz CT molecular complexity index is 1270. The predicted molar refractivity (Wildman–Crippen MR) is 128 cm³/mol. The number of esters is 1. The lowest BCUT2D eigenvalue weighted by Gasteiger charge is -2.40. The van der Waals surface area contributed by atoms with Crippen molar-refractivity contribution in [1.82, 2.24) is 24.2 Å². The van der Waals surface area contributed by atoms with Gasteiger partial charge in [-0.2, -0.15) is 14.6 Å². The minimum absolute atomic E-state index is 0.0000661. The highest BCUT2D eigenvalue weighted by Gasteiger charge is 2.43. The first-order valence-electron chi connectivity index (χ1n) is 10.8. The molecule has 1 aliphatic carbocycles. The van der Waals surface area contributed by atoms with Crippen LogP contribution in [0.4, 0.5) is 5.95 Å². The summed E-state index contributed by atoms with van der Waals surface area (Å²) in [5.74, 6) is -0.120. The first kappa shape index (κ1) is 25.2. The molecular formula is C21H26ClN6O6P. The lowest BCUT2D eigenvalue weighted by molar-refractivity contribution is -0.145. The average molecular weight is 525 g/mol. The number of carbonyl (C=O) groups excluding carboxylic acids is 1. The summed E-state index contributed by atoms with van der Waals surface area (Å²) in [6.45, 7) is 1.65. The van der Waals surface area contributed by atoms with Gasteiger partial charge in [-0.25, -0.2) is 9.55 Å². The molecule has 2 aromatic heterocycles. The van der Waals surface area contributed by atoms with Crippen molar-refractivity contribution < 1.29 is 28.3 Å². The number of fused-ring (bicyclic) bond motifs is 1. The molecule has 0 aliphatic heterocycles. The first-order chi connectivity index (χ1) is 16.6. The number of carbonyl (C=O) groups is 1. The quantitative estimate of drug-likeness (QED) is 0.313. The van der Waals surface area contributed by atoms with Crippen molar-refractivity contribution >= 4 is 42.4 Å². The molecule has 3 aromatic rings. The topological polar surface area (TPSA) is 155 Å². The van der Waals surface area contributed by atoms with E-state index < -0.39 is 19.8 Å². The van der Waals surface area contributed by atoms with E-state index in [1.165, 1.54) is 33.3 Å². The minimum atomic E-state index is -4.42. The van der Waals surface area contributed by atoms with Gasteiger partial charge in [-0.05, 0) is 49.9 Å². The molecule has 1 aromatic carbocycles. The second kappa shape index (κ2) is 9.98. The third kappa shape index (κ3) is 5.20. The predicted octanol–water partition coefficient (Wildman–Crippen LogP) is 3.06. The zero-order valence-corrected chi connectivity index (χ0v) is 21.0. The van der Waals surface area contributed by atoms with Crippen LogP contribution in [0.25, 0.3) is 11.2 Å². The maximum absolute atomic E-state index is 13.3. The summed E-state index contributed by atoms with van der Waals surface area (Å²) < 4.78 is 31.8. The summed E-state index contributed by atoms with van der Waals surface area (Å²) in [7, 11) is -1.71. The van der Waals surface area contributed by atoms with E-state index in [2.05, 4.69) is 15.0 Å². The Morgan fingerprint density at radius 1 is 1.31 bits per heavy atom. The molecule has 1 unspecified atom stereocenters. The summed E-state index contributed by atoms with van der Waals surface area (Å²) in [5.41, 5.74) is 6.86. The number of nitrogen functional groups attached to an aromatic ring is 1. The van der Waals surface area contributed by atoms with Crippen molar-refractivity contribution in [3.8, 4) is 11.6 Å². The van der Waals surface area contributed by atoms with E-state index in [0.29, 0.717) is 34.9 Å². The van der Waals surface area contributed by atoms with Gasteiger partial charge in [0.25, 0.3) is 0 Å². The van der Waals surface area contributed by atoms with E-state index >= 15 is 0 Å². The molecule has 14 heteroatoms. The fraction of sp³-hybridized carbons (Fsp3) is 0.429. The van der Waals surface area contributed by atoms with Gasteiger partial charge in [-0.1, -0.05) is 11.6 Å². The molecule has 0 amide bonds. The number of methoxy groups -OCH3 is 2. The SMILES string of the molecule is COC(=O)[C@H](C)N(C[C@H]1C[C@@H](n2cnc3c(OC)nc(N)nc32)C1)P(=O)(O)Oc1ccc(Cl)cc1. The van der Waals surface area contributed by atoms with E-state index in [0.717, 1.165) is 4.67 Å². The molecule has 188 valence electrons. The number of hydrogen-bond donors (Lipinski definition) is 2. The van der Waals surface area contributed by atoms with Gasteiger partial charge in [0.05, 0.1) is 20.5 Å².